The normalized spacial score (nSPS) is 15.1. The molecule has 6 rings (SSSR count). The molecule has 0 unspecified atom stereocenters. The van der Waals surface area contributed by atoms with E-state index in [1.54, 1.807) is 12.1 Å². The highest BCUT2D eigenvalue weighted by Gasteiger charge is 2.42. The minimum Gasteiger partial charge on any atom is -0.478 e. The Morgan fingerprint density at radius 3 is 2.03 bits per heavy atom. The number of amides is 10. The molecule has 0 aromatic heterocycles. The number of nitrogens with two attached hydrogens (primary N) is 2. The van der Waals surface area contributed by atoms with Crippen molar-refractivity contribution in [1.82, 2.24) is 57.7 Å². The number of carboxylic acid groups (broad SMARTS) is 1. The number of aliphatic imine (C=N–C) groups is 1. The number of carboxylic acids is 1. The van der Waals surface area contributed by atoms with Crippen LogP contribution in [0.25, 0.3) is 43.9 Å². The van der Waals surface area contributed by atoms with Gasteiger partial charge in [-0.25, -0.2) is 14.2 Å². The molecule has 34 heteroatoms. The van der Waals surface area contributed by atoms with E-state index in [2.05, 4.69) is 68.2 Å². The van der Waals surface area contributed by atoms with Gasteiger partial charge in [-0.15, -0.1) is 0 Å². The number of thioether (sulfide) groups is 1. The van der Waals surface area contributed by atoms with Crippen molar-refractivity contribution < 1.29 is 71.7 Å². The summed E-state index contributed by atoms with van der Waals surface area (Å²) in [5.41, 5.74) is 22.5. The highest BCUT2D eigenvalue weighted by atomic mass is 32.2. The van der Waals surface area contributed by atoms with Gasteiger partial charge in [0, 0.05) is 142 Å². The number of nitrogens with one attached hydrogen (secondary N) is 10. The van der Waals surface area contributed by atoms with Crippen LogP contribution in [0.1, 0.15) is 130 Å². The number of hydrogen-bond donors (Lipinski definition) is 13. The lowest BCUT2D eigenvalue weighted by atomic mass is 9.89. The van der Waals surface area contributed by atoms with E-state index in [4.69, 9.17) is 35.6 Å². The zero-order chi connectivity index (χ0) is 76.0. The molecule has 6 atom stereocenters. The number of fused-ring (bicyclic) bond motifs is 3. The number of guanidine groups is 1. The number of aromatic carboxylic acids is 1. The van der Waals surface area contributed by atoms with Gasteiger partial charge in [-0.3, -0.25) is 43.3 Å². The number of benzene rings is 3. The molecule has 0 bridgehead atoms. The van der Waals surface area contributed by atoms with Gasteiger partial charge in [0.15, 0.2) is 5.96 Å². The molecule has 3 aliphatic heterocycles. The van der Waals surface area contributed by atoms with Gasteiger partial charge in [-0.2, -0.15) is 11.8 Å². The maximum absolute atomic E-state index is 13.7. The molecular formula is C71H105N18O15S+. The number of hydrogen-bond acceptors (Lipinski definition) is 18. The van der Waals surface area contributed by atoms with Gasteiger partial charge in [0.2, 0.25) is 46.7 Å². The molecule has 10 amide bonds. The summed E-state index contributed by atoms with van der Waals surface area (Å²) in [5.74, 6) is -3.54. The van der Waals surface area contributed by atoms with Crippen LogP contribution in [0.15, 0.2) is 69.1 Å². The molecule has 0 spiro atoms. The Labute approximate surface area is 615 Å². The van der Waals surface area contributed by atoms with Gasteiger partial charge in [0.1, 0.15) is 43.6 Å². The van der Waals surface area contributed by atoms with E-state index in [0.717, 1.165) is 36.1 Å². The van der Waals surface area contributed by atoms with Crippen LogP contribution in [0.3, 0.4) is 0 Å². The van der Waals surface area contributed by atoms with Gasteiger partial charge in [-0.05, 0) is 119 Å². The molecule has 15 N–H and O–H groups in total. The second-order valence-corrected chi connectivity index (χ2v) is 27.3. The van der Waals surface area contributed by atoms with Crippen molar-refractivity contribution in [3.8, 4) is 22.5 Å². The zero-order valence-electron chi connectivity index (χ0n) is 60.8. The lowest BCUT2D eigenvalue weighted by Gasteiger charge is -2.21. The fourth-order valence-electron chi connectivity index (χ4n) is 11.7. The van der Waals surface area contributed by atoms with Crippen molar-refractivity contribution in [2.75, 3.05) is 124 Å². The molecule has 33 nitrogen and oxygen atoms in total. The molecule has 574 valence electrons. The molecule has 1 aliphatic carbocycles. The van der Waals surface area contributed by atoms with Gasteiger partial charge in [0.25, 0.3) is 5.91 Å². The summed E-state index contributed by atoms with van der Waals surface area (Å²) >= 11 is 1.87. The Bertz CT molecular complexity index is 3710. The molecule has 4 aliphatic rings. The maximum Gasteiger partial charge on any atom is 0.336 e. The van der Waals surface area contributed by atoms with Crippen molar-refractivity contribution in [3.05, 3.63) is 81.5 Å². The number of nitrogens with zero attached hydrogens (tertiary/aromatic N) is 6. The molecular weight excluding hydrogens is 1380 g/mol. The van der Waals surface area contributed by atoms with E-state index in [9.17, 15) is 53.1 Å². The van der Waals surface area contributed by atoms with Crippen LogP contribution >= 0.6 is 11.8 Å². The van der Waals surface area contributed by atoms with Crippen LogP contribution in [-0.2, 0) is 47.8 Å². The van der Waals surface area contributed by atoms with Crippen LogP contribution in [0.4, 0.5) is 10.5 Å². The molecule has 2 saturated heterocycles. The van der Waals surface area contributed by atoms with Crippen molar-refractivity contribution in [2.24, 2.45) is 21.6 Å². The predicted molar refractivity (Wildman–Crippen MR) is 399 cm³/mol. The number of ether oxygens (including phenoxy) is 3. The quantitative estimate of drug-likeness (QED) is 0.00348. The summed E-state index contributed by atoms with van der Waals surface area (Å²) < 4.78 is 25.4. The number of carbonyl (C=O) groups excluding carboxylic acids is 9. The number of carbonyl (C=O) groups is 10. The molecule has 105 heavy (non-hydrogen) atoms. The number of unbranched alkanes of at least 4 members (excludes halogenated alkanes) is 4. The average Bonchev–Trinajstić information content (AvgIpc) is 1.28. The van der Waals surface area contributed by atoms with Crippen LogP contribution < -0.4 is 79.5 Å². The minimum absolute atomic E-state index is 0.0166. The highest BCUT2D eigenvalue weighted by Crippen LogP contribution is 2.42. The molecule has 2 fully saturated rings. The average molecular weight is 1480 g/mol. The molecule has 0 radical (unpaired) electrons. The Morgan fingerprint density at radius 1 is 0.676 bits per heavy atom. The Morgan fingerprint density at radius 2 is 1.31 bits per heavy atom. The number of urea groups is 1. The SMILES string of the molecule is C[C@H](NC(=O)CCN=[N+]=[N-])C(=O)N[C@H](CCCN=C(N)N)C(=O)NCC(=O)NCCCCCC(=O)N[C@@H](CCCCNC(=O)c1ccc(-c2c3ccc(=[N+](C)C)cc-3oc3cc(N(C)C)ccc23)c(C(=O)O)c1)C(=O)NCCCOCCOCCOCCCNC(=O)CCCC[C@@H]1SC[C@@H]2NC(=O)N[C@@H]21. The zero-order valence-corrected chi connectivity index (χ0v) is 61.6. The third-order valence-corrected chi connectivity index (χ3v) is 18.9. The number of rotatable bonds is 49. The first-order valence-electron chi connectivity index (χ1n) is 35.8. The van der Waals surface area contributed by atoms with E-state index in [1.165, 1.54) is 13.0 Å². The van der Waals surface area contributed by atoms with Crippen molar-refractivity contribution in [1.29, 1.82) is 0 Å². The van der Waals surface area contributed by atoms with Crippen LogP contribution in [-0.4, -0.2) is 225 Å². The summed E-state index contributed by atoms with van der Waals surface area (Å²) in [6.45, 7) is 4.43. The van der Waals surface area contributed by atoms with Gasteiger partial charge in [0.05, 0.1) is 56.7 Å². The molecule has 3 heterocycles. The fourth-order valence-corrected chi connectivity index (χ4v) is 13.3. The van der Waals surface area contributed by atoms with Crippen LogP contribution in [0.5, 0.6) is 0 Å². The monoisotopic (exact) mass is 1480 g/mol. The largest absolute Gasteiger partial charge is 0.478 e. The highest BCUT2D eigenvalue weighted by molar-refractivity contribution is 8.00. The second kappa shape index (κ2) is 45.5. The molecule has 0 saturated carbocycles. The topological polar surface area (TPSA) is 471 Å². The summed E-state index contributed by atoms with van der Waals surface area (Å²) in [6.07, 6.45) is 7.07. The Balaban J connectivity index is 0.928. The van der Waals surface area contributed by atoms with Gasteiger partial charge >= 0.3 is 12.0 Å². The van der Waals surface area contributed by atoms with E-state index >= 15 is 0 Å². The van der Waals surface area contributed by atoms with Crippen LogP contribution in [0.2, 0.25) is 0 Å². The predicted octanol–water partition coefficient (Wildman–Crippen LogP) is 2.71. The summed E-state index contributed by atoms with van der Waals surface area (Å²) in [5, 5.41) is 43.7. The van der Waals surface area contributed by atoms with Crippen molar-refractivity contribution >= 4 is 93.6 Å². The minimum atomic E-state index is -1.22. The van der Waals surface area contributed by atoms with E-state index in [1.807, 2.05) is 85.8 Å². The Hall–Kier alpha value is -9.76. The first-order chi connectivity index (χ1) is 50.5. The van der Waals surface area contributed by atoms with E-state index in [0.29, 0.717) is 136 Å². The number of azide groups is 1. The van der Waals surface area contributed by atoms with E-state index < -0.39 is 66.1 Å². The first kappa shape index (κ1) is 84.2. The standard InChI is InChI=1S/C71H104N18O15S/c1-45(82-61(92)27-33-81-87-74)65(94)84-54(17-13-30-79-70(72)73)68(97)80-43-62(93)76-28-11-6-7-20-60(91)83-53(67(96)78-32-15-35-102-37-39-103-38-36-101-34-14-31-75-59(90)19-9-8-18-58-64-55(44-105-58)85-71(100)86-64)16-10-12-29-77-66(95)46-21-24-49(52(40-46)69(98)99)63-50-25-22-47(88(2)3)41-56(50)104-57-42-48(89(4)5)23-26-51(57)63/h21-26,40-42,45,53-55,58,64H,6-20,27-39,43-44H2,1-5H3,(H14-,72,73,75,76,77,78,79,80,82,83,84,85,86,90,91,92,93,94,95,96,97,98,99,100)/p+1/t45-,53-,54+,55-,58-,64-/m0/s1. The van der Waals surface area contributed by atoms with E-state index in [-0.39, 0.29) is 112 Å². The molecule has 2 aromatic carbocycles. The fraction of sp³-hybridized carbons (Fsp3) is 0.577. The lowest BCUT2D eigenvalue weighted by Crippen LogP contribution is -2.53. The summed E-state index contributed by atoms with van der Waals surface area (Å²) in [6, 6.07) is 13.2. The first-order valence-corrected chi connectivity index (χ1v) is 36.9. The molecule has 2 aromatic rings. The van der Waals surface area contributed by atoms with Crippen LogP contribution in [0, 0.1) is 0 Å². The maximum atomic E-state index is 13.7. The third-order valence-electron chi connectivity index (χ3n) is 17.4. The summed E-state index contributed by atoms with van der Waals surface area (Å²) in [4.78, 5) is 137. The Kier molecular flexibility index (Phi) is 36.4. The number of anilines is 1. The van der Waals surface area contributed by atoms with Gasteiger partial charge in [-0.1, -0.05) is 24.0 Å². The van der Waals surface area contributed by atoms with Crippen molar-refractivity contribution in [3.63, 3.8) is 0 Å². The van der Waals surface area contributed by atoms with Gasteiger partial charge < -0.3 is 93.3 Å². The summed E-state index contributed by atoms with van der Waals surface area (Å²) in [7, 11) is 7.66. The lowest BCUT2D eigenvalue weighted by molar-refractivity contribution is -0.132. The smallest absolute Gasteiger partial charge is 0.336 e. The second-order valence-electron chi connectivity index (χ2n) is 26.0. The third kappa shape index (κ3) is 29.4. The van der Waals surface area contributed by atoms with Crippen molar-refractivity contribution in [2.45, 2.75) is 145 Å².